The van der Waals surface area contributed by atoms with Crippen LogP contribution in [-0.4, -0.2) is 44.5 Å². The molecule has 0 radical (unpaired) electrons. The SMILES string of the molecule is CN(Cc1ccccc1)C(=O)c1cn[nH]c1C1CCCCN1Cc1cccc2ncccc12. The Bertz CT molecular complexity index is 1230. The zero-order valence-electron chi connectivity index (χ0n) is 18.9. The molecule has 0 bridgehead atoms. The van der Waals surface area contributed by atoms with Crippen molar-refractivity contribution in [3.05, 3.63) is 95.4 Å². The van der Waals surface area contributed by atoms with Gasteiger partial charge in [0, 0.05) is 31.7 Å². The summed E-state index contributed by atoms with van der Waals surface area (Å²) in [7, 11) is 1.86. The van der Waals surface area contributed by atoms with Gasteiger partial charge in [-0.05, 0) is 42.6 Å². The van der Waals surface area contributed by atoms with Crippen LogP contribution in [0.5, 0.6) is 0 Å². The maximum atomic E-state index is 13.4. The number of aromatic amines is 1. The number of likely N-dealkylation sites (tertiary alicyclic amines) is 1. The molecule has 1 fully saturated rings. The van der Waals surface area contributed by atoms with Gasteiger partial charge in [0.15, 0.2) is 0 Å². The second kappa shape index (κ2) is 9.55. The van der Waals surface area contributed by atoms with Gasteiger partial charge in [0.2, 0.25) is 0 Å². The maximum Gasteiger partial charge on any atom is 0.257 e. The van der Waals surface area contributed by atoms with Crippen LogP contribution in [0, 0.1) is 0 Å². The number of carbonyl (C=O) groups excluding carboxylic acids is 1. The number of amides is 1. The van der Waals surface area contributed by atoms with Crippen molar-refractivity contribution >= 4 is 16.8 Å². The normalized spacial score (nSPS) is 16.7. The Morgan fingerprint density at radius 3 is 2.85 bits per heavy atom. The number of rotatable bonds is 6. The zero-order valence-corrected chi connectivity index (χ0v) is 18.9. The highest BCUT2D eigenvalue weighted by Crippen LogP contribution is 2.34. The molecule has 1 aliphatic rings. The van der Waals surface area contributed by atoms with Gasteiger partial charge in [-0.25, -0.2) is 0 Å². The van der Waals surface area contributed by atoms with Gasteiger partial charge in [-0.1, -0.05) is 55.0 Å². The molecular formula is C27H29N5O. The van der Waals surface area contributed by atoms with E-state index in [-0.39, 0.29) is 11.9 Å². The van der Waals surface area contributed by atoms with E-state index in [0.717, 1.165) is 49.1 Å². The van der Waals surface area contributed by atoms with Crippen LogP contribution in [0.25, 0.3) is 10.9 Å². The third-order valence-corrected chi connectivity index (χ3v) is 6.56. The van der Waals surface area contributed by atoms with Gasteiger partial charge in [0.1, 0.15) is 0 Å². The number of aromatic nitrogens is 3. The second-order valence-electron chi connectivity index (χ2n) is 8.81. The van der Waals surface area contributed by atoms with Crippen LogP contribution in [0.4, 0.5) is 0 Å². The highest BCUT2D eigenvalue weighted by molar-refractivity contribution is 5.95. The molecule has 4 aromatic rings. The van der Waals surface area contributed by atoms with Crippen LogP contribution in [-0.2, 0) is 13.1 Å². The Morgan fingerprint density at radius 1 is 1.09 bits per heavy atom. The van der Waals surface area contributed by atoms with Crippen LogP contribution < -0.4 is 0 Å². The van der Waals surface area contributed by atoms with Gasteiger partial charge >= 0.3 is 0 Å². The number of H-pyrrole nitrogens is 1. The lowest BCUT2D eigenvalue weighted by Crippen LogP contribution is -2.35. The lowest BCUT2D eigenvalue weighted by Gasteiger charge is -2.36. The van der Waals surface area contributed by atoms with Crippen molar-refractivity contribution in [2.75, 3.05) is 13.6 Å². The molecule has 5 rings (SSSR count). The highest BCUT2D eigenvalue weighted by atomic mass is 16.2. The summed E-state index contributed by atoms with van der Waals surface area (Å²) >= 11 is 0. The van der Waals surface area contributed by atoms with Crippen LogP contribution in [0.15, 0.2) is 73.1 Å². The maximum absolute atomic E-state index is 13.4. The average molecular weight is 440 g/mol. The van der Waals surface area contributed by atoms with Gasteiger partial charge in [-0.3, -0.25) is 19.8 Å². The molecule has 0 saturated carbocycles. The minimum Gasteiger partial charge on any atom is -0.337 e. The summed E-state index contributed by atoms with van der Waals surface area (Å²) in [5.74, 6) is 0.00230. The number of piperidine rings is 1. The smallest absolute Gasteiger partial charge is 0.257 e. The molecule has 1 amide bonds. The van der Waals surface area contributed by atoms with E-state index in [1.807, 2.05) is 49.6 Å². The Kier molecular flexibility index (Phi) is 6.17. The van der Waals surface area contributed by atoms with E-state index in [2.05, 4.69) is 44.3 Å². The number of carbonyl (C=O) groups is 1. The number of nitrogens with one attached hydrogen (secondary N) is 1. The van der Waals surface area contributed by atoms with Crippen molar-refractivity contribution in [2.24, 2.45) is 0 Å². The van der Waals surface area contributed by atoms with Crippen molar-refractivity contribution in [1.29, 1.82) is 0 Å². The third kappa shape index (κ3) is 4.52. The zero-order chi connectivity index (χ0) is 22.6. The largest absolute Gasteiger partial charge is 0.337 e. The van der Waals surface area contributed by atoms with Crippen molar-refractivity contribution in [3.8, 4) is 0 Å². The van der Waals surface area contributed by atoms with Gasteiger partial charge in [-0.2, -0.15) is 5.10 Å². The lowest BCUT2D eigenvalue weighted by atomic mass is 9.95. The molecule has 3 heterocycles. The summed E-state index contributed by atoms with van der Waals surface area (Å²) in [5.41, 5.74) is 5.00. The lowest BCUT2D eigenvalue weighted by molar-refractivity contribution is 0.0776. The predicted octanol–water partition coefficient (Wildman–Crippen LogP) is 4.96. The standard InChI is InChI=1S/C27H29N5O/c1-31(18-20-9-3-2-4-10-20)27(33)23-17-29-30-26(23)25-14-5-6-16-32(25)19-21-11-7-13-24-22(21)12-8-15-28-24/h2-4,7-13,15,17,25H,5-6,14,16,18-19H2,1H3,(H,29,30). The third-order valence-electron chi connectivity index (χ3n) is 6.56. The van der Waals surface area contributed by atoms with E-state index < -0.39 is 0 Å². The minimum atomic E-state index is 0.00230. The van der Waals surface area contributed by atoms with Gasteiger partial charge in [0.05, 0.1) is 29.0 Å². The van der Waals surface area contributed by atoms with Gasteiger partial charge in [-0.15, -0.1) is 0 Å². The molecule has 1 saturated heterocycles. The minimum absolute atomic E-state index is 0.00230. The molecule has 168 valence electrons. The quantitative estimate of drug-likeness (QED) is 0.461. The summed E-state index contributed by atoms with van der Waals surface area (Å²) < 4.78 is 0. The molecule has 0 aliphatic carbocycles. The average Bonchev–Trinajstić information content (AvgIpc) is 3.34. The van der Waals surface area contributed by atoms with Crippen molar-refractivity contribution in [2.45, 2.75) is 38.4 Å². The highest BCUT2D eigenvalue weighted by Gasteiger charge is 2.30. The van der Waals surface area contributed by atoms with E-state index in [1.54, 1.807) is 11.1 Å². The first-order valence-electron chi connectivity index (χ1n) is 11.6. The Balaban J connectivity index is 1.39. The second-order valence-corrected chi connectivity index (χ2v) is 8.81. The van der Waals surface area contributed by atoms with Crippen molar-refractivity contribution in [3.63, 3.8) is 0 Å². The number of nitrogens with zero attached hydrogens (tertiary/aromatic N) is 4. The molecule has 1 N–H and O–H groups in total. The Morgan fingerprint density at radius 2 is 1.97 bits per heavy atom. The fourth-order valence-electron chi connectivity index (χ4n) is 4.89. The molecule has 0 spiro atoms. The van der Waals surface area contributed by atoms with E-state index in [0.29, 0.717) is 12.1 Å². The van der Waals surface area contributed by atoms with Crippen LogP contribution in [0.2, 0.25) is 0 Å². The van der Waals surface area contributed by atoms with Crippen molar-refractivity contribution < 1.29 is 4.79 Å². The Hall–Kier alpha value is -3.51. The summed E-state index contributed by atoms with van der Waals surface area (Å²) in [6, 6.07) is 20.7. The number of hydrogen-bond acceptors (Lipinski definition) is 4. The van der Waals surface area contributed by atoms with E-state index >= 15 is 0 Å². The molecule has 1 unspecified atom stereocenters. The number of hydrogen-bond donors (Lipinski definition) is 1. The first-order valence-corrected chi connectivity index (χ1v) is 11.6. The predicted molar refractivity (Wildman–Crippen MR) is 130 cm³/mol. The molecule has 2 aromatic heterocycles. The monoisotopic (exact) mass is 439 g/mol. The fraction of sp³-hybridized carbons (Fsp3) is 0.296. The van der Waals surface area contributed by atoms with Crippen LogP contribution in [0.1, 0.15) is 52.5 Å². The molecule has 1 atom stereocenters. The van der Waals surface area contributed by atoms with Crippen LogP contribution >= 0.6 is 0 Å². The number of fused-ring (bicyclic) bond motifs is 1. The molecule has 6 heteroatoms. The first-order chi connectivity index (χ1) is 16.2. The van der Waals surface area contributed by atoms with Gasteiger partial charge < -0.3 is 4.90 Å². The van der Waals surface area contributed by atoms with Crippen molar-refractivity contribution in [1.82, 2.24) is 25.0 Å². The molecule has 2 aromatic carbocycles. The van der Waals surface area contributed by atoms with Gasteiger partial charge in [0.25, 0.3) is 5.91 Å². The molecule has 6 nitrogen and oxygen atoms in total. The molecule has 33 heavy (non-hydrogen) atoms. The number of pyridine rings is 1. The van der Waals surface area contributed by atoms with E-state index in [9.17, 15) is 4.79 Å². The summed E-state index contributed by atoms with van der Waals surface area (Å²) in [6.07, 6.45) is 6.83. The number of benzene rings is 2. The van der Waals surface area contributed by atoms with Crippen LogP contribution in [0.3, 0.4) is 0 Å². The molecular weight excluding hydrogens is 410 g/mol. The topological polar surface area (TPSA) is 65.1 Å². The molecule has 1 aliphatic heterocycles. The Labute approximate surface area is 194 Å². The van der Waals surface area contributed by atoms with E-state index in [1.165, 1.54) is 10.9 Å². The summed E-state index contributed by atoms with van der Waals surface area (Å²) in [5, 5.41) is 8.65. The first kappa shape index (κ1) is 21.3. The fourth-order valence-corrected chi connectivity index (χ4v) is 4.89. The van der Waals surface area contributed by atoms with E-state index in [4.69, 9.17) is 0 Å². The summed E-state index contributed by atoms with van der Waals surface area (Å²) in [6.45, 7) is 2.38. The summed E-state index contributed by atoms with van der Waals surface area (Å²) in [4.78, 5) is 22.1.